The number of methoxy groups -OCH3 is 2. The van der Waals surface area contributed by atoms with Crippen molar-refractivity contribution >= 4 is 17.3 Å². The van der Waals surface area contributed by atoms with Crippen LogP contribution in [-0.2, 0) is 4.74 Å². The quantitative estimate of drug-likeness (QED) is 0.919. The maximum absolute atomic E-state index is 6.19. The van der Waals surface area contributed by atoms with Crippen LogP contribution in [0.15, 0.2) is 12.1 Å². The van der Waals surface area contributed by atoms with Crippen molar-refractivity contribution in [2.24, 2.45) is 0 Å². The summed E-state index contributed by atoms with van der Waals surface area (Å²) in [4.78, 5) is 0. The SMILES string of the molecule is COc1cc(OC)c(NC2CC(C)OC(C)C2)cc1Cl. The number of rotatable bonds is 4. The van der Waals surface area contributed by atoms with Crippen LogP contribution in [-0.4, -0.2) is 32.5 Å². The molecule has 1 saturated heterocycles. The lowest BCUT2D eigenvalue weighted by Gasteiger charge is -2.33. The fraction of sp³-hybridized carbons (Fsp3) is 0.600. The largest absolute Gasteiger partial charge is 0.495 e. The molecule has 1 aromatic carbocycles. The lowest BCUT2D eigenvalue weighted by molar-refractivity contribution is -0.0338. The molecule has 2 rings (SSSR count). The van der Waals surface area contributed by atoms with Gasteiger partial charge in [-0.2, -0.15) is 0 Å². The van der Waals surface area contributed by atoms with E-state index in [9.17, 15) is 0 Å². The van der Waals surface area contributed by atoms with Crippen LogP contribution in [0.3, 0.4) is 0 Å². The van der Waals surface area contributed by atoms with E-state index in [0.717, 1.165) is 24.3 Å². The number of anilines is 1. The third-order valence-corrected chi connectivity index (χ3v) is 3.83. The van der Waals surface area contributed by atoms with Crippen molar-refractivity contribution in [2.45, 2.75) is 44.9 Å². The Labute approximate surface area is 125 Å². The molecule has 0 bridgehead atoms. The molecule has 1 aliphatic rings. The van der Waals surface area contributed by atoms with Crippen LogP contribution >= 0.6 is 11.6 Å². The van der Waals surface area contributed by atoms with Crippen LogP contribution in [0.5, 0.6) is 11.5 Å². The second-order valence-corrected chi connectivity index (χ2v) is 5.66. The highest BCUT2D eigenvalue weighted by Gasteiger charge is 2.25. The number of hydrogen-bond acceptors (Lipinski definition) is 4. The predicted molar refractivity (Wildman–Crippen MR) is 81.2 cm³/mol. The van der Waals surface area contributed by atoms with E-state index < -0.39 is 0 Å². The average molecular weight is 300 g/mol. The maximum atomic E-state index is 6.19. The topological polar surface area (TPSA) is 39.7 Å². The molecular weight excluding hydrogens is 278 g/mol. The van der Waals surface area contributed by atoms with Gasteiger partial charge in [0.2, 0.25) is 0 Å². The molecule has 1 aliphatic heterocycles. The first-order valence-electron chi connectivity index (χ1n) is 6.87. The van der Waals surface area contributed by atoms with E-state index in [4.69, 9.17) is 25.8 Å². The number of ether oxygens (including phenoxy) is 3. The Kier molecular flexibility index (Phi) is 5.00. The van der Waals surface area contributed by atoms with E-state index in [-0.39, 0.29) is 12.2 Å². The Morgan fingerprint density at radius 1 is 1.10 bits per heavy atom. The summed E-state index contributed by atoms with van der Waals surface area (Å²) in [6, 6.07) is 4.01. The fourth-order valence-electron chi connectivity index (χ4n) is 2.72. The van der Waals surface area contributed by atoms with Gasteiger partial charge in [-0.25, -0.2) is 0 Å². The minimum absolute atomic E-state index is 0.260. The molecule has 4 nitrogen and oxygen atoms in total. The van der Waals surface area contributed by atoms with Crippen molar-refractivity contribution in [3.63, 3.8) is 0 Å². The molecule has 0 aromatic heterocycles. The molecule has 1 fully saturated rings. The molecule has 0 amide bonds. The summed E-state index contributed by atoms with van der Waals surface area (Å²) in [5.74, 6) is 1.35. The molecule has 112 valence electrons. The molecule has 1 aromatic rings. The summed E-state index contributed by atoms with van der Waals surface area (Å²) >= 11 is 6.19. The Morgan fingerprint density at radius 3 is 2.25 bits per heavy atom. The van der Waals surface area contributed by atoms with E-state index in [1.807, 2.05) is 6.07 Å². The van der Waals surface area contributed by atoms with Gasteiger partial charge in [0.25, 0.3) is 0 Å². The summed E-state index contributed by atoms with van der Waals surface area (Å²) in [7, 11) is 3.23. The molecular formula is C15H22ClNO3. The summed E-state index contributed by atoms with van der Waals surface area (Å²) in [6.45, 7) is 4.20. The highest BCUT2D eigenvalue weighted by atomic mass is 35.5. The zero-order chi connectivity index (χ0) is 14.7. The van der Waals surface area contributed by atoms with E-state index >= 15 is 0 Å². The minimum Gasteiger partial charge on any atom is -0.495 e. The van der Waals surface area contributed by atoms with Gasteiger partial charge in [-0.15, -0.1) is 0 Å². The van der Waals surface area contributed by atoms with Crippen LogP contribution in [0.25, 0.3) is 0 Å². The van der Waals surface area contributed by atoms with Crippen LogP contribution in [0, 0.1) is 0 Å². The Hall–Kier alpha value is -1.13. The third kappa shape index (κ3) is 3.49. The fourth-order valence-corrected chi connectivity index (χ4v) is 2.96. The van der Waals surface area contributed by atoms with Crippen LogP contribution in [0.4, 0.5) is 5.69 Å². The summed E-state index contributed by atoms with van der Waals surface area (Å²) in [5.41, 5.74) is 0.893. The average Bonchev–Trinajstić information content (AvgIpc) is 2.38. The lowest BCUT2D eigenvalue weighted by atomic mass is 9.99. The molecule has 0 radical (unpaired) electrons. The first-order chi connectivity index (χ1) is 9.53. The predicted octanol–water partition coefficient (Wildman–Crippen LogP) is 3.73. The van der Waals surface area contributed by atoms with Crippen molar-refractivity contribution in [3.05, 3.63) is 17.2 Å². The molecule has 2 unspecified atom stereocenters. The van der Waals surface area contributed by atoms with Gasteiger partial charge in [0.1, 0.15) is 11.5 Å². The van der Waals surface area contributed by atoms with Gasteiger partial charge in [-0.05, 0) is 32.8 Å². The Morgan fingerprint density at radius 2 is 1.70 bits per heavy atom. The minimum atomic E-state index is 0.260. The van der Waals surface area contributed by atoms with Crippen molar-refractivity contribution < 1.29 is 14.2 Å². The van der Waals surface area contributed by atoms with Crippen LogP contribution < -0.4 is 14.8 Å². The van der Waals surface area contributed by atoms with Gasteiger partial charge < -0.3 is 19.5 Å². The van der Waals surface area contributed by atoms with Crippen molar-refractivity contribution in [1.82, 2.24) is 0 Å². The van der Waals surface area contributed by atoms with E-state index in [0.29, 0.717) is 16.8 Å². The zero-order valence-corrected chi connectivity index (χ0v) is 13.2. The summed E-state index contributed by atoms with van der Waals surface area (Å²) < 4.78 is 16.4. The maximum Gasteiger partial charge on any atom is 0.145 e. The smallest absolute Gasteiger partial charge is 0.145 e. The van der Waals surface area contributed by atoms with Crippen molar-refractivity contribution in [3.8, 4) is 11.5 Å². The highest BCUT2D eigenvalue weighted by molar-refractivity contribution is 6.32. The van der Waals surface area contributed by atoms with Gasteiger partial charge in [0, 0.05) is 12.1 Å². The number of hydrogen-bond donors (Lipinski definition) is 1. The van der Waals surface area contributed by atoms with Crippen LogP contribution in [0.1, 0.15) is 26.7 Å². The standard InChI is InChI=1S/C15H22ClNO3/c1-9-5-11(6-10(2)20-9)17-13-7-12(16)14(18-3)8-15(13)19-4/h7-11,17H,5-6H2,1-4H3. The number of benzene rings is 1. The molecule has 0 aliphatic carbocycles. The van der Waals surface area contributed by atoms with Crippen LogP contribution in [0.2, 0.25) is 5.02 Å². The first kappa shape index (κ1) is 15.3. The normalized spacial score (nSPS) is 26.1. The van der Waals surface area contributed by atoms with Crippen molar-refractivity contribution in [2.75, 3.05) is 19.5 Å². The van der Waals surface area contributed by atoms with Gasteiger partial charge in [0.15, 0.2) is 0 Å². The monoisotopic (exact) mass is 299 g/mol. The number of halogens is 1. The van der Waals surface area contributed by atoms with E-state index in [1.165, 1.54) is 0 Å². The molecule has 0 spiro atoms. The van der Waals surface area contributed by atoms with Gasteiger partial charge >= 0.3 is 0 Å². The molecule has 20 heavy (non-hydrogen) atoms. The summed E-state index contributed by atoms with van der Waals surface area (Å²) in [6.07, 6.45) is 2.46. The molecule has 1 N–H and O–H groups in total. The first-order valence-corrected chi connectivity index (χ1v) is 7.24. The highest BCUT2D eigenvalue weighted by Crippen LogP contribution is 2.37. The Bertz CT molecular complexity index is 457. The number of nitrogens with one attached hydrogen (secondary N) is 1. The molecule has 0 saturated carbocycles. The molecule has 2 atom stereocenters. The summed E-state index contributed by atoms with van der Waals surface area (Å²) in [5, 5.41) is 4.08. The second-order valence-electron chi connectivity index (χ2n) is 5.26. The van der Waals surface area contributed by atoms with E-state index in [2.05, 4.69) is 19.2 Å². The van der Waals surface area contributed by atoms with Gasteiger partial charge in [0.05, 0.1) is 37.1 Å². The lowest BCUT2D eigenvalue weighted by Crippen LogP contribution is -2.36. The second kappa shape index (κ2) is 6.55. The Balaban J connectivity index is 2.17. The van der Waals surface area contributed by atoms with Gasteiger partial charge in [-0.3, -0.25) is 0 Å². The molecule has 1 heterocycles. The molecule has 5 heteroatoms. The van der Waals surface area contributed by atoms with Crippen molar-refractivity contribution in [1.29, 1.82) is 0 Å². The van der Waals surface area contributed by atoms with E-state index in [1.54, 1.807) is 20.3 Å². The third-order valence-electron chi connectivity index (χ3n) is 3.53. The van der Waals surface area contributed by atoms with Gasteiger partial charge in [-0.1, -0.05) is 11.6 Å². The zero-order valence-electron chi connectivity index (χ0n) is 12.4.